The molecule has 1 fully saturated rings. The summed E-state index contributed by atoms with van der Waals surface area (Å²) in [5, 5.41) is 3.54. The average Bonchev–Trinajstić information content (AvgIpc) is 3.15. The highest BCUT2D eigenvalue weighted by Crippen LogP contribution is 2.24. The third kappa shape index (κ3) is 3.81. The van der Waals surface area contributed by atoms with Gasteiger partial charge in [-0.2, -0.15) is 0 Å². The fourth-order valence-corrected chi connectivity index (χ4v) is 4.79. The lowest BCUT2D eigenvalue weighted by Crippen LogP contribution is -2.44. The summed E-state index contributed by atoms with van der Waals surface area (Å²) in [6.45, 7) is 5.51. The zero-order chi connectivity index (χ0) is 21.5. The fraction of sp³-hybridized carbons (Fsp3) is 0.435. The second kappa shape index (κ2) is 8.01. The molecule has 5 rings (SSSR count). The molecule has 1 aromatic carbocycles. The SMILES string of the molecule is Cc1ccc(CNC2CCN(CC3Cn4c(=O)ccc5ncc(=O)n3c54)CC2)cc1F. The molecule has 162 valence electrons. The van der Waals surface area contributed by atoms with E-state index in [2.05, 4.69) is 15.2 Å². The first-order valence-corrected chi connectivity index (χ1v) is 10.8. The van der Waals surface area contributed by atoms with Gasteiger partial charge in [0.15, 0.2) is 0 Å². The molecule has 0 spiro atoms. The molecule has 4 heterocycles. The number of aryl methyl sites for hydroxylation is 1. The van der Waals surface area contributed by atoms with Crippen molar-refractivity contribution in [2.75, 3.05) is 19.6 Å². The third-order valence-electron chi connectivity index (χ3n) is 6.56. The summed E-state index contributed by atoms with van der Waals surface area (Å²) in [5.41, 5.74) is 2.69. The van der Waals surface area contributed by atoms with Crippen molar-refractivity contribution in [1.29, 1.82) is 0 Å². The molecule has 1 unspecified atom stereocenters. The molecule has 2 aromatic heterocycles. The highest BCUT2D eigenvalue weighted by Gasteiger charge is 2.29. The lowest BCUT2D eigenvalue weighted by Gasteiger charge is -2.34. The van der Waals surface area contributed by atoms with Crippen molar-refractivity contribution in [2.24, 2.45) is 0 Å². The van der Waals surface area contributed by atoms with Gasteiger partial charge in [0.05, 0.1) is 12.2 Å². The van der Waals surface area contributed by atoms with Crippen molar-refractivity contribution in [1.82, 2.24) is 24.3 Å². The molecule has 1 N–H and O–H groups in total. The molecule has 1 saturated heterocycles. The Balaban J connectivity index is 1.21. The minimum Gasteiger partial charge on any atom is -0.310 e. The van der Waals surface area contributed by atoms with Crippen molar-refractivity contribution >= 4 is 11.2 Å². The Kier molecular flexibility index (Phi) is 5.19. The minimum atomic E-state index is -0.161. The van der Waals surface area contributed by atoms with Crippen LogP contribution in [-0.4, -0.2) is 44.7 Å². The van der Waals surface area contributed by atoms with Gasteiger partial charge in [0.25, 0.3) is 11.1 Å². The number of aromatic nitrogens is 3. The predicted molar refractivity (Wildman–Crippen MR) is 117 cm³/mol. The average molecular weight is 423 g/mol. The van der Waals surface area contributed by atoms with E-state index in [0.717, 1.165) is 38.0 Å². The smallest absolute Gasteiger partial charge is 0.270 e. The number of likely N-dealkylation sites (tertiary alicyclic amines) is 1. The van der Waals surface area contributed by atoms with E-state index in [1.165, 1.54) is 12.3 Å². The van der Waals surface area contributed by atoms with Crippen LogP contribution in [-0.2, 0) is 13.1 Å². The summed E-state index contributed by atoms with van der Waals surface area (Å²) in [6, 6.07) is 8.91. The maximum atomic E-state index is 13.7. The van der Waals surface area contributed by atoms with E-state index in [0.29, 0.717) is 35.9 Å². The van der Waals surface area contributed by atoms with Gasteiger partial charge in [-0.25, -0.2) is 9.37 Å². The van der Waals surface area contributed by atoms with Gasteiger partial charge in [0, 0.05) is 31.7 Å². The summed E-state index contributed by atoms with van der Waals surface area (Å²) < 4.78 is 17.1. The number of nitrogens with zero attached hydrogens (tertiary/aromatic N) is 4. The lowest BCUT2D eigenvalue weighted by atomic mass is 10.0. The van der Waals surface area contributed by atoms with E-state index in [9.17, 15) is 14.0 Å². The van der Waals surface area contributed by atoms with Crippen LogP contribution in [0.1, 0.15) is 30.0 Å². The molecule has 0 saturated carbocycles. The van der Waals surface area contributed by atoms with Gasteiger partial charge in [0.1, 0.15) is 17.0 Å². The van der Waals surface area contributed by atoms with E-state index < -0.39 is 0 Å². The Hall–Kier alpha value is -2.84. The summed E-state index contributed by atoms with van der Waals surface area (Å²) in [5.74, 6) is -0.161. The minimum absolute atomic E-state index is 0.0619. The van der Waals surface area contributed by atoms with Gasteiger partial charge in [-0.05, 0) is 56.1 Å². The highest BCUT2D eigenvalue weighted by atomic mass is 19.1. The number of halogens is 1. The molecule has 2 aliphatic rings. The molecule has 0 radical (unpaired) electrons. The molecular weight excluding hydrogens is 397 g/mol. The summed E-state index contributed by atoms with van der Waals surface area (Å²) in [4.78, 5) is 31.4. The Morgan fingerprint density at radius 1 is 1.13 bits per heavy atom. The Bertz CT molecular complexity index is 1240. The van der Waals surface area contributed by atoms with E-state index in [-0.39, 0.29) is 23.0 Å². The van der Waals surface area contributed by atoms with Crippen molar-refractivity contribution in [3.63, 3.8) is 0 Å². The Morgan fingerprint density at radius 3 is 2.71 bits per heavy atom. The largest absolute Gasteiger partial charge is 0.310 e. The number of hydrogen-bond acceptors (Lipinski definition) is 5. The first kappa shape index (κ1) is 20.1. The maximum Gasteiger partial charge on any atom is 0.270 e. The number of benzene rings is 1. The van der Waals surface area contributed by atoms with E-state index >= 15 is 0 Å². The molecule has 0 aliphatic carbocycles. The van der Waals surface area contributed by atoms with Gasteiger partial charge in [-0.3, -0.25) is 18.7 Å². The van der Waals surface area contributed by atoms with Crippen LogP contribution in [0.5, 0.6) is 0 Å². The van der Waals surface area contributed by atoms with Crippen LogP contribution in [0.2, 0.25) is 0 Å². The van der Waals surface area contributed by atoms with Gasteiger partial charge in [-0.1, -0.05) is 12.1 Å². The number of rotatable bonds is 5. The second-order valence-corrected chi connectivity index (χ2v) is 8.65. The summed E-state index contributed by atoms with van der Waals surface area (Å²) in [6.07, 6.45) is 3.34. The van der Waals surface area contributed by atoms with E-state index in [4.69, 9.17) is 0 Å². The van der Waals surface area contributed by atoms with Crippen molar-refractivity contribution in [2.45, 2.75) is 44.9 Å². The van der Waals surface area contributed by atoms with Crippen LogP contribution in [0.4, 0.5) is 4.39 Å². The maximum absolute atomic E-state index is 13.7. The fourth-order valence-electron chi connectivity index (χ4n) is 4.79. The van der Waals surface area contributed by atoms with Crippen molar-refractivity contribution in [3.8, 4) is 0 Å². The van der Waals surface area contributed by atoms with Crippen LogP contribution in [0.15, 0.2) is 46.1 Å². The van der Waals surface area contributed by atoms with Crippen LogP contribution in [0, 0.1) is 12.7 Å². The molecule has 1 atom stereocenters. The zero-order valence-electron chi connectivity index (χ0n) is 17.6. The van der Waals surface area contributed by atoms with Gasteiger partial charge >= 0.3 is 0 Å². The molecular formula is C23H26FN5O2. The van der Waals surface area contributed by atoms with Crippen molar-refractivity contribution in [3.05, 3.63) is 74.2 Å². The molecule has 0 bridgehead atoms. The van der Waals surface area contributed by atoms with E-state index in [1.54, 1.807) is 28.2 Å². The molecule has 0 amide bonds. The second-order valence-electron chi connectivity index (χ2n) is 8.65. The first-order valence-electron chi connectivity index (χ1n) is 10.8. The summed E-state index contributed by atoms with van der Waals surface area (Å²) in [7, 11) is 0. The monoisotopic (exact) mass is 423 g/mol. The van der Waals surface area contributed by atoms with Gasteiger partial charge < -0.3 is 10.2 Å². The van der Waals surface area contributed by atoms with Crippen LogP contribution in [0.3, 0.4) is 0 Å². The molecule has 2 aliphatic heterocycles. The predicted octanol–water partition coefficient (Wildman–Crippen LogP) is 1.81. The Morgan fingerprint density at radius 2 is 1.94 bits per heavy atom. The van der Waals surface area contributed by atoms with Gasteiger partial charge in [-0.15, -0.1) is 0 Å². The Labute approximate surface area is 179 Å². The normalized spacial score (nSPS) is 19.4. The molecule has 31 heavy (non-hydrogen) atoms. The lowest BCUT2D eigenvalue weighted by molar-refractivity contribution is 0.171. The third-order valence-corrected chi connectivity index (χ3v) is 6.56. The van der Waals surface area contributed by atoms with Crippen LogP contribution >= 0.6 is 0 Å². The zero-order valence-corrected chi connectivity index (χ0v) is 17.6. The van der Waals surface area contributed by atoms with Crippen LogP contribution < -0.4 is 16.4 Å². The topological polar surface area (TPSA) is 72.2 Å². The first-order chi connectivity index (χ1) is 15.0. The van der Waals surface area contributed by atoms with Crippen LogP contribution in [0.25, 0.3) is 11.2 Å². The highest BCUT2D eigenvalue weighted by molar-refractivity contribution is 5.71. The van der Waals surface area contributed by atoms with Gasteiger partial charge in [0.2, 0.25) is 0 Å². The number of piperidine rings is 1. The quantitative estimate of drug-likeness (QED) is 0.678. The van der Waals surface area contributed by atoms with E-state index in [1.807, 2.05) is 12.1 Å². The molecule has 8 heteroatoms. The standard InChI is InChI=1S/C23H26FN5O2/c1-15-2-3-16(10-19(15)24)11-25-17-6-8-27(9-7-17)13-18-14-28-21(30)5-4-20-23(28)29(18)22(31)12-26-20/h2-5,10,12,17-18,25H,6-9,11,13-14H2,1H3. The molecule has 3 aromatic rings. The van der Waals surface area contributed by atoms with Crippen molar-refractivity contribution < 1.29 is 4.39 Å². The number of nitrogens with one attached hydrogen (secondary N) is 1. The number of hydrogen-bond donors (Lipinski definition) is 1. The molecule has 7 nitrogen and oxygen atoms in total. The number of pyridine rings is 1. The summed E-state index contributed by atoms with van der Waals surface area (Å²) >= 11 is 0.